The van der Waals surface area contributed by atoms with Crippen LogP contribution in [-0.2, 0) is 6.54 Å². The second kappa shape index (κ2) is 5.67. The molecule has 116 valence electrons. The van der Waals surface area contributed by atoms with E-state index in [1.807, 2.05) is 52.2 Å². The third-order valence-electron chi connectivity index (χ3n) is 4.11. The fourth-order valence-electron chi connectivity index (χ4n) is 2.78. The van der Waals surface area contributed by atoms with Crippen LogP contribution < -0.4 is 0 Å². The van der Waals surface area contributed by atoms with Crippen molar-refractivity contribution in [2.45, 2.75) is 13.5 Å². The Morgan fingerprint density at radius 3 is 2.62 bits per heavy atom. The number of hydrogen-bond donors (Lipinski definition) is 0. The minimum Gasteiger partial charge on any atom is -0.299 e. The molecule has 0 spiro atoms. The fraction of sp³-hybridized carbons (Fsp3) is 0.105. The molecule has 0 atom stereocenters. The quantitative estimate of drug-likeness (QED) is 0.578. The highest BCUT2D eigenvalue weighted by atomic mass is 15.3. The SMILES string of the molecule is CCn1cc(-c2ccc3c(c2)ncn3-c2ccc(C#N)cc2)cn1. The number of hydrogen-bond acceptors (Lipinski definition) is 3. The first-order chi connectivity index (χ1) is 11.8. The van der Waals surface area contributed by atoms with E-state index in [2.05, 4.69) is 41.3 Å². The Balaban J connectivity index is 1.76. The molecule has 4 rings (SSSR count). The van der Waals surface area contributed by atoms with Gasteiger partial charge in [0.25, 0.3) is 0 Å². The topological polar surface area (TPSA) is 59.4 Å². The normalized spacial score (nSPS) is 10.8. The number of aromatic nitrogens is 4. The zero-order chi connectivity index (χ0) is 16.5. The molecule has 0 aliphatic heterocycles. The Hall–Kier alpha value is -3.39. The predicted octanol–water partition coefficient (Wildman–Crippen LogP) is 3.78. The summed E-state index contributed by atoms with van der Waals surface area (Å²) < 4.78 is 3.94. The second-order valence-electron chi connectivity index (χ2n) is 5.56. The smallest absolute Gasteiger partial charge is 0.100 e. The molecule has 2 heterocycles. The molecule has 0 amide bonds. The van der Waals surface area contributed by atoms with Gasteiger partial charge in [0.15, 0.2) is 0 Å². The summed E-state index contributed by atoms with van der Waals surface area (Å²) in [5.74, 6) is 0. The molecule has 5 heteroatoms. The number of fused-ring (bicyclic) bond motifs is 1. The monoisotopic (exact) mass is 313 g/mol. The van der Waals surface area contributed by atoms with E-state index in [1.165, 1.54) is 0 Å². The van der Waals surface area contributed by atoms with Crippen molar-refractivity contribution in [1.82, 2.24) is 19.3 Å². The zero-order valence-electron chi connectivity index (χ0n) is 13.2. The van der Waals surface area contributed by atoms with Crippen LogP contribution in [0.3, 0.4) is 0 Å². The predicted molar refractivity (Wildman–Crippen MR) is 92.7 cm³/mol. The molecule has 0 aliphatic carbocycles. The highest BCUT2D eigenvalue weighted by Crippen LogP contribution is 2.25. The standard InChI is InChI=1S/C19H15N5/c1-2-23-12-16(11-22-23)15-5-8-19-18(9-15)21-13-24(19)17-6-3-14(10-20)4-7-17/h3-9,11-13H,2H2,1H3. The molecule has 0 aliphatic rings. The number of nitrogens with zero attached hydrogens (tertiary/aromatic N) is 5. The van der Waals surface area contributed by atoms with Gasteiger partial charge in [-0.3, -0.25) is 9.25 Å². The molecular weight excluding hydrogens is 298 g/mol. The largest absolute Gasteiger partial charge is 0.299 e. The molecule has 2 aromatic carbocycles. The maximum Gasteiger partial charge on any atom is 0.100 e. The van der Waals surface area contributed by atoms with Crippen LogP contribution in [0.5, 0.6) is 0 Å². The summed E-state index contributed by atoms with van der Waals surface area (Å²) >= 11 is 0. The number of nitriles is 1. The van der Waals surface area contributed by atoms with Crippen LogP contribution in [0.1, 0.15) is 12.5 Å². The average Bonchev–Trinajstić information content (AvgIpc) is 3.28. The summed E-state index contributed by atoms with van der Waals surface area (Å²) in [6.07, 6.45) is 5.73. The van der Waals surface area contributed by atoms with Gasteiger partial charge in [0.2, 0.25) is 0 Å². The van der Waals surface area contributed by atoms with Crippen LogP contribution in [0.4, 0.5) is 0 Å². The zero-order valence-corrected chi connectivity index (χ0v) is 13.2. The Morgan fingerprint density at radius 1 is 1.08 bits per heavy atom. The molecule has 4 aromatic rings. The van der Waals surface area contributed by atoms with Gasteiger partial charge < -0.3 is 0 Å². The molecule has 5 nitrogen and oxygen atoms in total. The van der Waals surface area contributed by atoms with E-state index >= 15 is 0 Å². The van der Waals surface area contributed by atoms with E-state index in [-0.39, 0.29) is 0 Å². The Bertz CT molecular complexity index is 1050. The van der Waals surface area contributed by atoms with Crippen LogP contribution in [0.25, 0.3) is 27.8 Å². The van der Waals surface area contributed by atoms with Gasteiger partial charge >= 0.3 is 0 Å². The lowest BCUT2D eigenvalue weighted by Crippen LogP contribution is -1.92. The molecule has 2 aromatic heterocycles. The number of rotatable bonds is 3. The summed E-state index contributed by atoms with van der Waals surface area (Å²) in [5, 5.41) is 13.2. The van der Waals surface area contributed by atoms with E-state index in [9.17, 15) is 0 Å². The van der Waals surface area contributed by atoms with Gasteiger partial charge in [-0.2, -0.15) is 10.4 Å². The minimum absolute atomic E-state index is 0.651. The number of imidazole rings is 1. The van der Waals surface area contributed by atoms with E-state index < -0.39 is 0 Å². The molecular formula is C19H15N5. The first kappa shape index (κ1) is 14.2. The minimum atomic E-state index is 0.651. The lowest BCUT2D eigenvalue weighted by atomic mass is 10.1. The van der Waals surface area contributed by atoms with Gasteiger partial charge in [0.05, 0.1) is 28.9 Å². The summed E-state index contributed by atoms with van der Waals surface area (Å²) in [4.78, 5) is 4.52. The highest BCUT2D eigenvalue weighted by Gasteiger charge is 2.08. The molecule has 0 unspecified atom stereocenters. The maximum absolute atomic E-state index is 8.91. The van der Waals surface area contributed by atoms with Crippen molar-refractivity contribution in [2.75, 3.05) is 0 Å². The maximum atomic E-state index is 8.91. The second-order valence-corrected chi connectivity index (χ2v) is 5.56. The van der Waals surface area contributed by atoms with Crippen LogP contribution in [0, 0.1) is 11.3 Å². The van der Waals surface area contributed by atoms with Gasteiger partial charge in [-0.05, 0) is 48.9 Å². The van der Waals surface area contributed by atoms with E-state index in [1.54, 1.807) is 0 Å². The Labute approximate surface area is 139 Å². The van der Waals surface area contributed by atoms with Crippen molar-refractivity contribution in [3.05, 3.63) is 66.7 Å². The fourth-order valence-corrected chi connectivity index (χ4v) is 2.78. The molecule has 24 heavy (non-hydrogen) atoms. The molecule has 0 saturated carbocycles. The summed E-state index contributed by atoms with van der Waals surface area (Å²) in [7, 11) is 0. The highest BCUT2D eigenvalue weighted by molar-refractivity contribution is 5.83. The van der Waals surface area contributed by atoms with Crippen LogP contribution in [0.2, 0.25) is 0 Å². The van der Waals surface area contributed by atoms with Crippen molar-refractivity contribution >= 4 is 11.0 Å². The van der Waals surface area contributed by atoms with Crippen molar-refractivity contribution in [3.63, 3.8) is 0 Å². The van der Waals surface area contributed by atoms with Crippen molar-refractivity contribution < 1.29 is 0 Å². The van der Waals surface area contributed by atoms with Crippen molar-refractivity contribution in [3.8, 4) is 22.9 Å². The third kappa shape index (κ3) is 2.34. The van der Waals surface area contributed by atoms with Crippen LogP contribution in [0.15, 0.2) is 61.2 Å². The molecule has 0 radical (unpaired) electrons. The first-order valence-corrected chi connectivity index (χ1v) is 7.79. The number of benzene rings is 2. The van der Waals surface area contributed by atoms with Crippen LogP contribution in [-0.4, -0.2) is 19.3 Å². The molecule has 0 fully saturated rings. The lowest BCUT2D eigenvalue weighted by Gasteiger charge is -2.05. The Morgan fingerprint density at radius 2 is 1.92 bits per heavy atom. The van der Waals surface area contributed by atoms with Gasteiger partial charge in [0, 0.05) is 24.0 Å². The van der Waals surface area contributed by atoms with Gasteiger partial charge in [-0.15, -0.1) is 0 Å². The summed E-state index contributed by atoms with van der Waals surface area (Å²) in [5.41, 5.74) is 5.80. The van der Waals surface area contributed by atoms with E-state index in [0.29, 0.717) is 5.56 Å². The van der Waals surface area contributed by atoms with Gasteiger partial charge in [-0.25, -0.2) is 4.98 Å². The van der Waals surface area contributed by atoms with Crippen molar-refractivity contribution in [1.29, 1.82) is 5.26 Å². The summed E-state index contributed by atoms with van der Waals surface area (Å²) in [6, 6.07) is 15.9. The van der Waals surface area contributed by atoms with E-state index in [0.717, 1.165) is 34.4 Å². The Kier molecular flexibility index (Phi) is 3.36. The average molecular weight is 313 g/mol. The van der Waals surface area contributed by atoms with Crippen LogP contribution >= 0.6 is 0 Å². The van der Waals surface area contributed by atoms with Gasteiger partial charge in [0.1, 0.15) is 6.33 Å². The first-order valence-electron chi connectivity index (χ1n) is 7.79. The molecule has 0 N–H and O–H groups in total. The van der Waals surface area contributed by atoms with E-state index in [4.69, 9.17) is 5.26 Å². The van der Waals surface area contributed by atoms with Crippen molar-refractivity contribution in [2.24, 2.45) is 0 Å². The summed E-state index contributed by atoms with van der Waals surface area (Å²) in [6.45, 7) is 2.93. The van der Waals surface area contributed by atoms with Gasteiger partial charge in [-0.1, -0.05) is 6.07 Å². The third-order valence-corrected chi connectivity index (χ3v) is 4.11. The lowest BCUT2D eigenvalue weighted by molar-refractivity contribution is 0.660. The number of aryl methyl sites for hydroxylation is 1. The molecule has 0 saturated heterocycles. The molecule has 0 bridgehead atoms.